The number of hydrazine groups is 1. The molecule has 9 heteroatoms. The lowest BCUT2D eigenvalue weighted by Gasteiger charge is -2.23. The van der Waals surface area contributed by atoms with Crippen molar-refractivity contribution in [2.24, 2.45) is 5.92 Å². The van der Waals surface area contributed by atoms with E-state index in [1.165, 1.54) is 30.3 Å². The minimum atomic E-state index is -4.59. The van der Waals surface area contributed by atoms with E-state index in [1.807, 2.05) is 0 Å². The van der Waals surface area contributed by atoms with Crippen LogP contribution < -0.4 is 16.2 Å². The Balaban J connectivity index is 2.08. The van der Waals surface area contributed by atoms with Gasteiger partial charge in [0.1, 0.15) is 11.9 Å². The van der Waals surface area contributed by atoms with E-state index in [0.29, 0.717) is 0 Å². The Bertz CT molecular complexity index is 836. The topological polar surface area (TPSA) is 70.2 Å². The number of rotatable bonds is 6. The van der Waals surface area contributed by atoms with Crippen molar-refractivity contribution in [1.29, 1.82) is 0 Å². The molecule has 0 unspecified atom stereocenters. The van der Waals surface area contributed by atoms with Crippen molar-refractivity contribution in [3.63, 3.8) is 0 Å². The van der Waals surface area contributed by atoms with Gasteiger partial charge in [0, 0.05) is 5.56 Å². The molecule has 2 rings (SSSR count). The molecule has 0 heterocycles. The van der Waals surface area contributed by atoms with E-state index in [1.54, 1.807) is 13.8 Å². The summed E-state index contributed by atoms with van der Waals surface area (Å²) < 4.78 is 52.0. The third-order valence-corrected chi connectivity index (χ3v) is 3.89. The standard InChI is InChI=1S/C19H19F4N3O2/c1-11(2)16(24-17(27)12-7-9-13(20)10-8-12)18(28)26-25-15-6-4-3-5-14(15)19(21,22)23/h3-11,16,25H,1-2H3,(H,24,27)(H,26,28)/t16-/m0/s1. The Labute approximate surface area is 159 Å². The van der Waals surface area contributed by atoms with Gasteiger partial charge in [-0.15, -0.1) is 0 Å². The number of hydrogen-bond acceptors (Lipinski definition) is 3. The lowest BCUT2D eigenvalue weighted by atomic mass is 10.0. The number of hydrogen-bond donors (Lipinski definition) is 3. The first-order chi connectivity index (χ1) is 13.1. The molecule has 150 valence electrons. The predicted molar refractivity (Wildman–Crippen MR) is 95.7 cm³/mol. The molecule has 2 amide bonds. The van der Waals surface area contributed by atoms with E-state index in [4.69, 9.17) is 0 Å². The summed E-state index contributed by atoms with van der Waals surface area (Å²) in [5.74, 6) is -2.20. The fourth-order valence-corrected chi connectivity index (χ4v) is 2.41. The maximum Gasteiger partial charge on any atom is 0.418 e. The van der Waals surface area contributed by atoms with Gasteiger partial charge in [-0.1, -0.05) is 26.0 Å². The lowest BCUT2D eigenvalue weighted by molar-refractivity contribution is -0.137. The molecule has 0 spiro atoms. The summed E-state index contributed by atoms with van der Waals surface area (Å²) in [6.07, 6.45) is -4.59. The van der Waals surface area contributed by atoms with Gasteiger partial charge >= 0.3 is 6.18 Å². The largest absolute Gasteiger partial charge is 0.418 e. The maximum absolute atomic E-state index is 13.0. The molecule has 28 heavy (non-hydrogen) atoms. The minimum absolute atomic E-state index is 0.148. The Morgan fingerprint density at radius 1 is 0.964 bits per heavy atom. The highest BCUT2D eigenvalue weighted by Gasteiger charge is 2.33. The van der Waals surface area contributed by atoms with Crippen molar-refractivity contribution in [2.75, 3.05) is 5.43 Å². The summed E-state index contributed by atoms with van der Waals surface area (Å²) in [7, 11) is 0. The highest BCUT2D eigenvalue weighted by molar-refractivity contribution is 5.97. The molecule has 0 saturated heterocycles. The van der Waals surface area contributed by atoms with Crippen LogP contribution in [0.4, 0.5) is 23.2 Å². The third-order valence-electron chi connectivity index (χ3n) is 3.89. The van der Waals surface area contributed by atoms with Crippen molar-refractivity contribution >= 4 is 17.5 Å². The third kappa shape index (κ3) is 5.45. The maximum atomic E-state index is 13.0. The first-order valence-electron chi connectivity index (χ1n) is 8.38. The molecular weight excluding hydrogens is 378 g/mol. The molecule has 0 fully saturated rings. The molecule has 0 aliphatic rings. The molecule has 0 aromatic heterocycles. The predicted octanol–water partition coefficient (Wildman–Crippen LogP) is 3.74. The molecule has 0 bridgehead atoms. The first kappa shape index (κ1) is 21.2. The summed E-state index contributed by atoms with van der Waals surface area (Å²) in [5, 5.41) is 2.50. The Kier molecular flexibility index (Phi) is 6.61. The summed E-state index contributed by atoms with van der Waals surface area (Å²) >= 11 is 0. The van der Waals surface area contributed by atoms with Crippen LogP contribution in [0, 0.1) is 11.7 Å². The summed E-state index contributed by atoms with van der Waals surface area (Å²) in [4.78, 5) is 24.7. The molecule has 2 aromatic rings. The van der Waals surface area contributed by atoms with Crippen LogP contribution in [-0.2, 0) is 11.0 Å². The van der Waals surface area contributed by atoms with Gasteiger partial charge in [-0.2, -0.15) is 13.2 Å². The van der Waals surface area contributed by atoms with Gasteiger partial charge in [0.05, 0.1) is 11.3 Å². The normalized spacial score (nSPS) is 12.4. The second kappa shape index (κ2) is 8.73. The van der Waals surface area contributed by atoms with Gasteiger partial charge < -0.3 is 5.32 Å². The number of nitrogens with one attached hydrogen (secondary N) is 3. The summed E-state index contributed by atoms with van der Waals surface area (Å²) in [6, 6.07) is 8.38. The number of halogens is 4. The zero-order chi connectivity index (χ0) is 20.9. The van der Waals surface area contributed by atoms with Gasteiger partial charge in [0.25, 0.3) is 11.8 Å². The van der Waals surface area contributed by atoms with E-state index >= 15 is 0 Å². The van der Waals surface area contributed by atoms with Crippen LogP contribution >= 0.6 is 0 Å². The van der Waals surface area contributed by atoms with Crippen LogP contribution in [0.5, 0.6) is 0 Å². The SMILES string of the molecule is CC(C)[C@H](NC(=O)c1ccc(F)cc1)C(=O)NNc1ccccc1C(F)(F)F. The first-order valence-corrected chi connectivity index (χ1v) is 8.38. The number of alkyl halides is 3. The number of para-hydroxylation sites is 1. The van der Waals surface area contributed by atoms with Crippen molar-refractivity contribution in [2.45, 2.75) is 26.1 Å². The van der Waals surface area contributed by atoms with E-state index in [-0.39, 0.29) is 17.2 Å². The summed E-state index contributed by atoms with van der Waals surface area (Å²) in [6.45, 7) is 3.33. The van der Waals surface area contributed by atoms with E-state index in [0.717, 1.165) is 18.2 Å². The van der Waals surface area contributed by atoms with Crippen LogP contribution in [0.3, 0.4) is 0 Å². The van der Waals surface area contributed by atoms with Crippen LogP contribution in [0.1, 0.15) is 29.8 Å². The number of carbonyl (C=O) groups is 2. The fourth-order valence-electron chi connectivity index (χ4n) is 2.41. The van der Waals surface area contributed by atoms with Crippen molar-refractivity contribution in [3.05, 3.63) is 65.5 Å². The Morgan fingerprint density at radius 2 is 1.57 bits per heavy atom. The second-order valence-corrected chi connectivity index (χ2v) is 6.36. The average Bonchev–Trinajstić information content (AvgIpc) is 2.63. The number of carbonyl (C=O) groups excluding carboxylic acids is 2. The van der Waals surface area contributed by atoms with E-state index in [2.05, 4.69) is 16.2 Å². The highest BCUT2D eigenvalue weighted by atomic mass is 19.4. The molecule has 3 N–H and O–H groups in total. The van der Waals surface area contributed by atoms with Crippen LogP contribution in [0.15, 0.2) is 48.5 Å². The average molecular weight is 397 g/mol. The Hall–Kier alpha value is -3.10. The zero-order valence-corrected chi connectivity index (χ0v) is 15.1. The molecule has 0 aliphatic carbocycles. The van der Waals surface area contributed by atoms with Gasteiger partial charge in [-0.05, 0) is 42.3 Å². The molecule has 0 saturated carbocycles. The molecule has 5 nitrogen and oxygen atoms in total. The minimum Gasteiger partial charge on any atom is -0.340 e. The molecular formula is C19H19F4N3O2. The number of amides is 2. The monoisotopic (exact) mass is 397 g/mol. The number of benzene rings is 2. The van der Waals surface area contributed by atoms with Crippen molar-refractivity contribution in [1.82, 2.24) is 10.7 Å². The van der Waals surface area contributed by atoms with Gasteiger partial charge in [0.15, 0.2) is 0 Å². The molecule has 1 atom stereocenters. The van der Waals surface area contributed by atoms with Crippen LogP contribution in [0.2, 0.25) is 0 Å². The zero-order valence-electron chi connectivity index (χ0n) is 15.1. The van der Waals surface area contributed by atoms with Crippen LogP contribution in [-0.4, -0.2) is 17.9 Å². The summed E-state index contributed by atoms with van der Waals surface area (Å²) in [5.41, 5.74) is 3.34. The van der Waals surface area contributed by atoms with Gasteiger partial charge in [-0.25, -0.2) is 4.39 Å². The van der Waals surface area contributed by atoms with E-state index in [9.17, 15) is 27.2 Å². The van der Waals surface area contributed by atoms with E-state index < -0.39 is 35.4 Å². The smallest absolute Gasteiger partial charge is 0.340 e. The fraction of sp³-hybridized carbons (Fsp3) is 0.263. The van der Waals surface area contributed by atoms with Crippen LogP contribution in [0.25, 0.3) is 0 Å². The van der Waals surface area contributed by atoms with Gasteiger partial charge in [0.2, 0.25) is 0 Å². The lowest BCUT2D eigenvalue weighted by Crippen LogP contribution is -2.51. The second-order valence-electron chi connectivity index (χ2n) is 6.36. The quantitative estimate of drug-likeness (QED) is 0.514. The number of anilines is 1. The van der Waals surface area contributed by atoms with Gasteiger partial charge in [-0.3, -0.25) is 20.4 Å². The molecule has 2 aromatic carbocycles. The van der Waals surface area contributed by atoms with Crippen molar-refractivity contribution in [3.8, 4) is 0 Å². The molecule has 0 radical (unpaired) electrons. The van der Waals surface area contributed by atoms with Crippen molar-refractivity contribution < 1.29 is 27.2 Å². The Morgan fingerprint density at radius 3 is 2.14 bits per heavy atom. The highest BCUT2D eigenvalue weighted by Crippen LogP contribution is 2.34. The molecule has 0 aliphatic heterocycles.